The van der Waals surface area contributed by atoms with E-state index >= 15 is 0 Å². The number of rotatable bonds is 4. The molecule has 0 aromatic heterocycles. The average molecular weight is 330 g/mol. The third-order valence-corrected chi connectivity index (χ3v) is 4.51. The van der Waals surface area contributed by atoms with Crippen LogP contribution in [-0.4, -0.2) is 25.2 Å². The Morgan fingerprint density at radius 2 is 1.94 bits per heavy atom. The highest BCUT2D eigenvalue weighted by Gasteiger charge is 2.22. The first-order valence-corrected chi connectivity index (χ1v) is 7.34. The van der Waals surface area contributed by atoms with E-state index in [1.54, 1.807) is 0 Å². The lowest BCUT2D eigenvalue weighted by Crippen LogP contribution is -2.08. The number of carbonyl (C=O) groups is 1. The molecule has 0 spiro atoms. The molecule has 1 N–H and O–H groups in total. The second-order valence-corrected chi connectivity index (χ2v) is 6.28. The Kier molecular flexibility index (Phi) is 5.04. The normalized spacial score (nSPS) is 11.9. The molecule has 0 fully saturated rings. The van der Waals surface area contributed by atoms with Crippen LogP contribution in [0.15, 0.2) is 28.6 Å². The quantitative estimate of drug-likeness (QED) is 0.920. The minimum atomic E-state index is -3.78. The smallest absolute Gasteiger partial charge is 0.337 e. The lowest BCUT2D eigenvalue weighted by molar-refractivity contribution is 0.0697. The molecule has 0 amide bonds. The summed E-state index contributed by atoms with van der Waals surface area (Å²) in [6.07, 6.45) is 1.20. The second-order valence-electron chi connectivity index (χ2n) is 3.21. The Labute approximate surface area is 119 Å². The van der Waals surface area contributed by atoms with Crippen LogP contribution in [0.4, 0.5) is 0 Å². The first kappa shape index (κ1) is 15.3. The number of aromatic carboxylic acids is 1. The van der Waals surface area contributed by atoms with Crippen molar-refractivity contribution in [2.45, 2.75) is 4.90 Å². The maximum absolute atomic E-state index is 11.9. The maximum Gasteiger partial charge on any atom is 0.337 e. The Morgan fingerprint density at radius 1 is 1.33 bits per heavy atom. The zero-order chi connectivity index (χ0) is 13.9. The van der Waals surface area contributed by atoms with E-state index in [-0.39, 0.29) is 20.5 Å². The maximum atomic E-state index is 11.9. The van der Waals surface area contributed by atoms with Crippen LogP contribution in [0.2, 0.25) is 10.0 Å². The van der Waals surface area contributed by atoms with Gasteiger partial charge >= 0.3 is 5.97 Å². The molecule has 1 aromatic carbocycles. The highest BCUT2D eigenvalue weighted by molar-refractivity contribution is 7.91. The van der Waals surface area contributed by atoms with Gasteiger partial charge in [0.1, 0.15) is 0 Å². The van der Waals surface area contributed by atoms with E-state index in [0.717, 1.165) is 17.7 Å². The summed E-state index contributed by atoms with van der Waals surface area (Å²) in [4.78, 5) is 10.6. The van der Waals surface area contributed by atoms with Crippen LogP contribution in [0.1, 0.15) is 10.4 Å². The van der Waals surface area contributed by atoms with Crippen LogP contribution in [0.3, 0.4) is 0 Å². The van der Waals surface area contributed by atoms with Gasteiger partial charge in [-0.15, -0.1) is 0 Å². The molecule has 0 atom stereocenters. The molecule has 0 aliphatic carbocycles. The molecule has 8 heteroatoms. The molecule has 0 saturated carbocycles. The Hall–Kier alpha value is -0.750. The van der Waals surface area contributed by atoms with Crippen molar-refractivity contribution in [2.24, 2.45) is 0 Å². The molecule has 0 aliphatic heterocycles. The highest BCUT2D eigenvalue weighted by atomic mass is 35.5. The number of carboxylic acids is 1. The van der Waals surface area contributed by atoms with E-state index in [1.165, 1.54) is 6.08 Å². The number of halogens is 3. The van der Waals surface area contributed by atoms with Crippen molar-refractivity contribution in [3.8, 4) is 0 Å². The number of hydrogen-bond acceptors (Lipinski definition) is 3. The summed E-state index contributed by atoms with van der Waals surface area (Å²) in [5.41, 5.74) is 0.686. The molecule has 0 aliphatic rings. The van der Waals surface area contributed by atoms with E-state index in [2.05, 4.69) is 0 Å². The fourth-order valence-corrected chi connectivity index (χ4v) is 3.44. The van der Waals surface area contributed by atoms with Gasteiger partial charge in [-0.1, -0.05) is 40.9 Å². The average Bonchev–Trinajstić information content (AvgIpc) is 2.28. The lowest BCUT2D eigenvalue weighted by atomic mass is 10.2. The summed E-state index contributed by atoms with van der Waals surface area (Å²) in [7, 11) is -3.78. The van der Waals surface area contributed by atoms with Crippen LogP contribution in [-0.2, 0) is 9.84 Å². The second kappa shape index (κ2) is 5.93. The SMILES string of the molecule is O=C(O)c1cc(Cl)cc(S(=O)(=O)C/C=C/Cl)c1Cl. The fraction of sp³-hybridized carbons (Fsp3) is 0.100. The predicted octanol–water partition coefficient (Wildman–Crippen LogP) is 3.22. The van der Waals surface area contributed by atoms with Gasteiger partial charge < -0.3 is 5.11 Å². The van der Waals surface area contributed by atoms with Crippen LogP contribution in [0.5, 0.6) is 0 Å². The predicted molar refractivity (Wildman–Crippen MR) is 70.5 cm³/mol. The highest BCUT2D eigenvalue weighted by Crippen LogP contribution is 2.30. The Bertz CT molecular complexity index is 608. The number of sulfone groups is 1. The van der Waals surface area contributed by atoms with Crippen LogP contribution in [0, 0.1) is 0 Å². The van der Waals surface area contributed by atoms with E-state index in [4.69, 9.17) is 39.9 Å². The number of hydrogen-bond donors (Lipinski definition) is 1. The van der Waals surface area contributed by atoms with Crippen molar-refractivity contribution >= 4 is 50.6 Å². The van der Waals surface area contributed by atoms with Gasteiger partial charge in [-0.25, -0.2) is 13.2 Å². The minimum Gasteiger partial charge on any atom is -0.478 e. The van der Waals surface area contributed by atoms with Gasteiger partial charge in [0.05, 0.1) is 21.2 Å². The fourth-order valence-electron chi connectivity index (χ4n) is 1.20. The first-order chi connectivity index (χ1) is 8.29. The molecule has 0 bridgehead atoms. The van der Waals surface area contributed by atoms with Gasteiger partial charge in [0.2, 0.25) is 0 Å². The van der Waals surface area contributed by atoms with Crippen LogP contribution < -0.4 is 0 Å². The largest absolute Gasteiger partial charge is 0.478 e. The molecule has 98 valence electrons. The molecule has 0 radical (unpaired) electrons. The van der Waals surface area contributed by atoms with Gasteiger partial charge in [-0.05, 0) is 12.1 Å². The van der Waals surface area contributed by atoms with E-state index in [0.29, 0.717) is 0 Å². The summed E-state index contributed by atoms with van der Waals surface area (Å²) in [6.45, 7) is 0. The van der Waals surface area contributed by atoms with E-state index in [9.17, 15) is 13.2 Å². The van der Waals surface area contributed by atoms with Gasteiger partial charge in [-0.3, -0.25) is 0 Å². The zero-order valence-electron chi connectivity index (χ0n) is 8.73. The number of benzene rings is 1. The van der Waals surface area contributed by atoms with Gasteiger partial charge in [-0.2, -0.15) is 0 Å². The summed E-state index contributed by atoms with van der Waals surface area (Å²) < 4.78 is 23.8. The van der Waals surface area contributed by atoms with Crippen molar-refractivity contribution in [2.75, 3.05) is 5.75 Å². The standard InChI is InChI=1S/C10H7Cl3O4S/c11-2-1-3-18(16,17)8-5-6(12)4-7(9(8)13)10(14)15/h1-2,4-5H,3H2,(H,14,15)/b2-1+. The zero-order valence-corrected chi connectivity index (χ0v) is 11.8. The van der Waals surface area contributed by atoms with Crippen LogP contribution in [0.25, 0.3) is 0 Å². The van der Waals surface area contributed by atoms with Crippen molar-refractivity contribution < 1.29 is 18.3 Å². The molecule has 1 aromatic rings. The summed E-state index contributed by atoms with van der Waals surface area (Å²) in [5.74, 6) is -1.75. The molecular weight excluding hydrogens is 323 g/mol. The van der Waals surface area contributed by atoms with E-state index in [1.807, 2.05) is 0 Å². The summed E-state index contributed by atoms with van der Waals surface area (Å²) in [6, 6.07) is 2.19. The first-order valence-electron chi connectivity index (χ1n) is 4.50. The Balaban J connectivity index is 3.46. The van der Waals surface area contributed by atoms with Crippen LogP contribution >= 0.6 is 34.8 Å². The molecule has 0 saturated heterocycles. The van der Waals surface area contributed by atoms with Crippen molar-refractivity contribution in [3.63, 3.8) is 0 Å². The number of carboxylic acid groups (broad SMARTS) is 1. The summed E-state index contributed by atoms with van der Waals surface area (Å²) >= 11 is 16.7. The van der Waals surface area contributed by atoms with Gasteiger partial charge in [0, 0.05) is 10.6 Å². The molecule has 0 heterocycles. The third kappa shape index (κ3) is 3.38. The Morgan fingerprint density at radius 3 is 2.44 bits per heavy atom. The lowest BCUT2D eigenvalue weighted by Gasteiger charge is -2.08. The molecule has 0 unspecified atom stereocenters. The van der Waals surface area contributed by atoms with Crippen molar-refractivity contribution in [3.05, 3.63) is 39.4 Å². The van der Waals surface area contributed by atoms with Crippen molar-refractivity contribution in [1.82, 2.24) is 0 Å². The summed E-state index contributed by atoms with van der Waals surface area (Å²) in [5, 5.41) is 8.49. The molecule has 18 heavy (non-hydrogen) atoms. The van der Waals surface area contributed by atoms with Gasteiger partial charge in [0.25, 0.3) is 0 Å². The molecule has 4 nitrogen and oxygen atoms in total. The minimum absolute atomic E-state index is 0.0229. The van der Waals surface area contributed by atoms with E-state index < -0.39 is 21.6 Å². The molecule has 1 rings (SSSR count). The topological polar surface area (TPSA) is 71.4 Å². The molecular formula is C10H7Cl3O4S. The monoisotopic (exact) mass is 328 g/mol. The third-order valence-electron chi connectivity index (χ3n) is 1.97. The van der Waals surface area contributed by atoms with Gasteiger partial charge in [0.15, 0.2) is 9.84 Å². The van der Waals surface area contributed by atoms with Crippen molar-refractivity contribution in [1.29, 1.82) is 0 Å².